The second-order valence-corrected chi connectivity index (χ2v) is 7.52. The summed E-state index contributed by atoms with van der Waals surface area (Å²) in [6.45, 7) is 1.52. The Morgan fingerprint density at radius 2 is 1.79 bits per heavy atom. The number of amides is 1. The van der Waals surface area contributed by atoms with Gasteiger partial charge < -0.3 is 10.6 Å². The Bertz CT molecular complexity index is 699. The van der Waals surface area contributed by atoms with Gasteiger partial charge in [-0.25, -0.2) is 8.42 Å². The monoisotopic (exact) mass is 366 g/mol. The fourth-order valence-corrected chi connectivity index (χ4v) is 4.31. The molecule has 1 aliphatic rings. The molecule has 0 radical (unpaired) electrons. The number of sulfonamides is 1. The lowest BCUT2D eigenvalue weighted by molar-refractivity contribution is -0.903. The number of carbonyl (C=O) groups excluding carboxylic acids is 1. The van der Waals surface area contributed by atoms with Gasteiger partial charge >= 0.3 is 6.18 Å². The van der Waals surface area contributed by atoms with Crippen LogP contribution in [0.3, 0.4) is 0 Å². The standard InChI is InChI=1S/C14H18F3N3O3S/c15-14(16,17)11-3-1-2-4-12(11)24(22,23)20-9-7-19(8-10-20)6-5-13(18)21/h1-4H,5-10H2,(H2,18,21)/p+1. The first-order valence-electron chi connectivity index (χ1n) is 7.40. The van der Waals surface area contributed by atoms with Crippen LogP contribution in [0.4, 0.5) is 13.2 Å². The van der Waals surface area contributed by atoms with Crippen molar-refractivity contribution in [3.05, 3.63) is 29.8 Å². The number of carbonyl (C=O) groups is 1. The summed E-state index contributed by atoms with van der Waals surface area (Å²) in [5, 5.41) is 0. The van der Waals surface area contributed by atoms with E-state index < -0.39 is 32.6 Å². The van der Waals surface area contributed by atoms with Crippen molar-refractivity contribution in [3.63, 3.8) is 0 Å². The summed E-state index contributed by atoms with van der Waals surface area (Å²) in [5.41, 5.74) is 3.92. The minimum Gasteiger partial charge on any atom is -0.369 e. The van der Waals surface area contributed by atoms with Gasteiger partial charge in [0.1, 0.15) is 0 Å². The molecular weight excluding hydrogens is 347 g/mol. The van der Waals surface area contributed by atoms with E-state index in [1.165, 1.54) is 6.07 Å². The third-order valence-corrected chi connectivity index (χ3v) is 5.92. The second kappa shape index (κ2) is 7.08. The number of quaternary nitrogens is 1. The lowest BCUT2D eigenvalue weighted by Crippen LogP contribution is -3.15. The molecule has 3 N–H and O–H groups in total. The van der Waals surface area contributed by atoms with Crippen molar-refractivity contribution in [2.75, 3.05) is 32.7 Å². The normalized spacial score (nSPS) is 17.8. The summed E-state index contributed by atoms with van der Waals surface area (Å²) in [7, 11) is -4.22. The first kappa shape index (κ1) is 18.7. The number of benzene rings is 1. The van der Waals surface area contributed by atoms with Crippen LogP contribution in [-0.4, -0.2) is 51.4 Å². The Morgan fingerprint density at radius 1 is 1.21 bits per heavy atom. The van der Waals surface area contributed by atoms with Gasteiger partial charge in [0.25, 0.3) is 0 Å². The molecule has 0 atom stereocenters. The predicted molar refractivity (Wildman–Crippen MR) is 79.6 cm³/mol. The van der Waals surface area contributed by atoms with Crippen LogP contribution >= 0.6 is 0 Å². The van der Waals surface area contributed by atoms with E-state index in [0.29, 0.717) is 19.6 Å². The molecule has 1 aromatic carbocycles. The Balaban J connectivity index is 2.15. The third kappa shape index (κ3) is 4.25. The average molecular weight is 366 g/mol. The number of nitrogens with one attached hydrogen (secondary N) is 1. The van der Waals surface area contributed by atoms with Crippen molar-refractivity contribution in [3.8, 4) is 0 Å². The average Bonchev–Trinajstić information content (AvgIpc) is 2.52. The van der Waals surface area contributed by atoms with Gasteiger partial charge in [0.05, 0.1) is 49.6 Å². The smallest absolute Gasteiger partial charge is 0.369 e. The summed E-state index contributed by atoms with van der Waals surface area (Å²) < 4.78 is 65.4. The first-order valence-corrected chi connectivity index (χ1v) is 8.84. The summed E-state index contributed by atoms with van der Waals surface area (Å²) in [6, 6.07) is 4.18. The summed E-state index contributed by atoms with van der Waals surface area (Å²) in [4.78, 5) is 11.1. The van der Waals surface area contributed by atoms with Crippen LogP contribution in [0, 0.1) is 0 Å². The largest absolute Gasteiger partial charge is 0.417 e. The van der Waals surface area contributed by atoms with E-state index >= 15 is 0 Å². The van der Waals surface area contributed by atoms with E-state index in [-0.39, 0.29) is 19.5 Å². The zero-order valence-electron chi connectivity index (χ0n) is 12.8. The molecule has 6 nitrogen and oxygen atoms in total. The molecule has 0 unspecified atom stereocenters. The van der Waals surface area contributed by atoms with Gasteiger partial charge in [0.2, 0.25) is 15.9 Å². The number of rotatable bonds is 5. The van der Waals surface area contributed by atoms with E-state index in [2.05, 4.69) is 0 Å². The van der Waals surface area contributed by atoms with Crippen molar-refractivity contribution in [1.29, 1.82) is 0 Å². The highest BCUT2D eigenvalue weighted by molar-refractivity contribution is 7.89. The van der Waals surface area contributed by atoms with E-state index in [1.807, 2.05) is 0 Å². The Kier molecular flexibility index (Phi) is 5.51. The number of primary amides is 1. The van der Waals surface area contributed by atoms with Crippen LogP contribution < -0.4 is 10.6 Å². The topological polar surface area (TPSA) is 84.9 Å². The Hall–Kier alpha value is -1.65. The highest BCUT2D eigenvalue weighted by Crippen LogP contribution is 2.35. The molecule has 0 saturated carbocycles. The van der Waals surface area contributed by atoms with Crippen LogP contribution in [0.5, 0.6) is 0 Å². The molecule has 0 aliphatic carbocycles. The van der Waals surface area contributed by atoms with Crippen LogP contribution in [0.15, 0.2) is 29.2 Å². The molecule has 24 heavy (non-hydrogen) atoms. The van der Waals surface area contributed by atoms with Crippen molar-refractivity contribution >= 4 is 15.9 Å². The minimum atomic E-state index is -4.74. The molecule has 1 amide bonds. The van der Waals surface area contributed by atoms with E-state index in [1.54, 1.807) is 0 Å². The molecule has 1 fully saturated rings. The maximum absolute atomic E-state index is 13.1. The maximum Gasteiger partial charge on any atom is 0.417 e. The number of halogens is 3. The van der Waals surface area contributed by atoms with E-state index in [4.69, 9.17) is 5.73 Å². The highest BCUT2D eigenvalue weighted by atomic mass is 32.2. The van der Waals surface area contributed by atoms with Crippen molar-refractivity contribution in [2.45, 2.75) is 17.5 Å². The van der Waals surface area contributed by atoms with Gasteiger partial charge in [-0.2, -0.15) is 17.5 Å². The fourth-order valence-electron chi connectivity index (χ4n) is 2.66. The fraction of sp³-hybridized carbons (Fsp3) is 0.500. The number of piperazine rings is 1. The van der Waals surface area contributed by atoms with Gasteiger partial charge in [0.15, 0.2) is 0 Å². The van der Waals surface area contributed by atoms with Gasteiger partial charge in [0, 0.05) is 0 Å². The number of hydrogen-bond acceptors (Lipinski definition) is 3. The number of alkyl halides is 3. The zero-order chi connectivity index (χ0) is 18.0. The molecule has 1 aromatic rings. The molecule has 1 aliphatic heterocycles. The van der Waals surface area contributed by atoms with E-state index in [0.717, 1.165) is 27.4 Å². The van der Waals surface area contributed by atoms with E-state index in [9.17, 15) is 26.4 Å². The SMILES string of the molecule is NC(=O)CC[NH+]1CCN(S(=O)(=O)c2ccccc2C(F)(F)F)CC1. The number of nitrogens with two attached hydrogens (primary N) is 1. The highest BCUT2D eigenvalue weighted by Gasteiger charge is 2.39. The van der Waals surface area contributed by atoms with Crippen LogP contribution in [-0.2, 0) is 21.0 Å². The molecular formula is C14H19F3N3O3S+. The Morgan fingerprint density at radius 3 is 2.33 bits per heavy atom. The van der Waals surface area contributed by atoms with Crippen molar-refractivity contribution < 1.29 is 31.3 Å². The molecule has 134 valence electrons. The zero-order valence-corrected chi connectivity index (χ0v) is 13.7. The molecule has 0 aromatic heterocycles. The number of hydrogen-bond donors (Lipinski definition) is 2. The first-order chi connectivity index (χ1) is 11.1. The lowest BCUT2D eigenvalue weighted by atomic mass is 10.2. The van der Waals surface area contributed by atoms with Gasteiger partial charge in [-0.05, 0) is 12.1 Å². The van der Waals surface area contributed by atoms with Crippen LogP contribution in [0.1, 0.15) is 12.0 Å². The quantitative estimate of drug-likeness (QED) is 0.735. The predicted octanol–water partition coefficient (Wildman–Crippen LogP) is -0.530. The van der Waals surface area contributed by atoms with Gasteiger partial charge in [-0.1, -0.05) is 12.1 Å². The van der Waals surface area contributed by atoms with Crippen LogP contribution in [0.25, 0.3) is 0 Å². The molecule has 0 bridgehead atoms. The Labute approximate surface area is 138 Å². The minimum absolute atomic E-state index is 0.0998. The van der Waals surface area contributed by atoms with Crippen molar-refractivity contribution in [1.82, 2.24) is 4.31 Å². The number of nitrogens with zero attached hydrogens (tertiary/aromatic N) is 1. The van der Waals surface area contributed by atoms with Crippen LogP contribution in [0.2, 0.25) is 0 Å². The van der Waals surface area contributed by atoms with Crippen molar-refractivity contribution in [2.24, 2.45) is 5.73 Å². The molecule has 1 saturated heterocycles. The summed E-state index contributed by atoms with van der Waals surface area (Å²) >= 11 is 0. The second-order valence-electron chi connectivity index (χ2n) is 5.61. The van der Waals surface area contributed by atoms with Gasteiger partial charge in [-0.15, -0.1) is 0 Å². The molecule has 1 heterocycles. The molecule has 2 rings (SSSR count). The molecule has 10 heteroatoms. The third-order valence-electron chi connectivity index (χ3n) is 3.96. The maximum atomic E-state index is 13.1. The molecule has 0 spiro atoms. The summed E-state index contributed by atoms with van der Waals surface area (Å²) in [6.07, 6.45) is -4.54. The summed E-state index contributed by atoms with van der Waals surface area (Å²) in [5.74, 6) is -0.434. The lowest BCUT2D eigenvalue weighted by Gasteiger charge is -2.31. The van der Waals surface area contributed by atoms with Gasteiger partial charge in [-0.3, -0.25) is 4.79 Å².